The third-order valence-corrected chi connectivity index (χ3v) is 6.26. The number of anilines is 1. The molecule has 7 heteroatoms. The van der Waals surface area contributed by atoms with Crippen LogP contribution in [0.2, 0.25) is 0 Å². The number of nitrogens with zero attached hydrogens (tertiary/aromatic N) is 2. The van der Waals surface area contributed by atoms with Gasteiger partial charge in [-0.15, -0.1) is 0 Å². The number of aryl methyl sites for hydroxylation is 2. The van der Waals surface area contributed by atoms with E-state index in [0.717, 1.165) is 41.0 Å². The third-order valence-electron chi connectivity index (χ3n) is 6.26. The fourth-order valence-electron chi connectivity index (χ4n) is 4.41. The molecule has 0 N–H and O–H groups in total. The quantitative estimate of drug-likeness (QED) is 0.603. The van der Waals surface area contributed by atoms with Crippen LogP contribution in [0.25, 0.3) is 5.57 Å². The summed E-state index contributed by atoms with van der Waals surface area (Å²) in [6.07, 6.45) is -2.67. The van der Waals surface area contributed by atoms with Crippen molar-refractivity contribution in [3.8, 4) is 0 Å². The standard InChI is InChI=1S/C25H25F3N2O2/c1-15-10-12-29(13-11-15)22-21(20-9-4-16(2)14-17(20)3)23(31)30(24(22)32)19-7-5-18(6-8-19)25(26,27)28/h4-9,14-15H,10-13H2,1-3H3. The van der Waals surface area contributed by atoms with E-state index >= 15 is 0 Å². The zero-order valence-electron chi connectivity index (χ0n) is 18.3. The zero-order valence-corrected chi connectivity index (χ0v) is 18.3. The Morgan fingerprint density at radius 3 is 2.09 bits per heavy atom. The molecular formula is C25H25F3N2O2. The molecule has 1 fully saturated rings. The number of halogens is 3. The third kappa shape index (κ3) is 3.92. The number of piperidine rings is 1. The summed E-state index contributed by atoms with van der Waals surface area (Å²) in [5.41, 5.74) is 2.56. The summed E-state index contributed by atoms with van der Waals surface area (Å²) in [4.78, 5) is 30.0. The summed E-state index contributed by atoms with van der Waals surface area (Å²) < 4.78 is 39.0. The van der Waals surface area contributed by atoms with Crippen molar-refractivity contribution in [2.24, 2.45) is 5.92 Å². The molecular weight excluding hydrogens is 417 g/mol. The van der Waals surface area contributed by atoms with Gasteiger partial charge < -0.3 is 4.90 Å². The minimum Gasteiger partial charge on any atom is -0.366 e. The normalized spacial score (nSPS) is 18.2. The molecule has 4 nitrogen and oxygen atoms in total. The number of hydrogen-bond acceptors (Lipinski definition) is 3. The highest BCUT2D eigenvalue weighted by atomic mass is 19.4. The van der Waals surface area contributed by atoms with Crippen molar-refractivity contribution >= 4 is 23.1 Å². The van der Waals surface area contributed by atoms with Gasteiger partial charge in [-0.2, -0.15) is 13.2 Å². The second-order valence-electron chi connectivity index (χ2n) is 8.70. The first kappa shape index (κ1) is 22.1. The number of benzene rings is 2. The van der Waals surface area contributed by atoms with Crippen LogP contribution in [0.5, 0.6) is 0 Å². The van der Waals surface area contributed by atoms with Gasteiger partial charge in [0.1, 0.15) is 5.70 Å². The Morgan fingerprint density at radius 2 is 1.53 bits per heavy atom. The molecule has 0 aliphatic carbocycles. The van der Waals surface area contributed by atoms with E-state index in [-0.39, 0.29) is 5.69 Å². The molecule has 4 rings (SSSR count). The van der Waals surface area contributed by atoms with Crippen LogP contribution in [-0.4, -0.2) is 29.8 Å². The highest BCUT2D eigenvalue weighted by molar-refractivity contribution is 6.45. The summed E-state index contributed by atoms with van der Waals surface area (Å²) in [6.45, 7) is 7.32. The highest BCUT2D eigenvalue weighted by Crippen LogP contribution is 2.38. The molecule has 0 unspecified atom stereocenters. The number of carbonyl (C=O) groups is 2. The highest BCUT2D eigenvalue weighted by Gasteiger charge is 2.43. The SMILES string of the molecule is Cc1ccc(C2=C(N3CCC(C)CC3)C(=O)N(c3ccc(C(F)(F)F)cc3)C2=O)c(C)c1. The van der Waals surface area contributed by atoms with E-state index in [0.29, 0.717) is 35.8 Å². The molecule has 2 aliphatic rings. The van der Waals surface area contributed by atoms with Gasteiger partial charge in [-0.05, 0) is 68.0 Å². The Kier molecular flexibility index (Phi) is 5.61. The molecule has 32 heavy (non-hydrogen) atoms. The van der Waals surface area contributed by atoms with Crippen LogP contribution in [0.3, 0.4) is 0 Å². The van der Waals surface area contributed by atoms with Crippen molar-refractivity contribution in [1.82, 2.24) is 4.90 Å². The maximum absolute atomic E-state index is 13.6. The van der Waals surface area contributed by atoms with Crippen LogP contribution >= 0.6 is 0 Å². The van der Waals surface area contributed by atoms with Gasteiger partial charge in [-0.3, -0.25) is 9.59 Å². The van der Waals surface area contributed by atoms with Crippen LogP contribution in [0.4, 0.5) is 18.9 Å². The number of likely N-dealkylation sites (tertiary alicyclic amines) is 1. The smallest absolute Gasteiger partial charge is 0.366 e. The van der Waals surface area contributed by atoms with E-state index in [1.807, 2.05) is 36.9 Å². The molecule has 0 spiro atoms. The average Bonchev–Trinajstić information content (AvgIpc) is 2.98. The van der Waals surface area contributed by atoms with E-state index in [4.69, 9.17) is 0 Å². The van der Waals surface area contributed by atoms with Gasteiger partial charge in [0, 0.05) is 13.1 Å². The van der Waals surface area contributed by atoms with E-state index < -0.39 is 23.6 Å². The molecule has 0 atom stereocenters. The zero-order chi connectivity index (χ0) is 23.2. The fourth-order valence-corrected chi connectivity index (χ4v) is 4.41. The number of imide groups is 1. The average molecular weight is 442 g/mol. The molecule has 2 aromatic rings. The van der Waals surface area contributed by atoms with Crippen LogP contribution in [0.1, 0.15) is 42.0 Å². The Balaban J connectivity index is 1.79. The Labute approximate surface area is 185 Å². The summed E-state index contributed by atoms with van der Waals surface area (Å²) in [6, 6.07) is 9.84. The van der Waals surface area contributed by atoms with Crippen molar-refractivity contribution in [2.75, 3.05) is 18.0 Å². The molecule has 0 radical (unpaired) electrons. The minimum absolute atomic E-state index is 0.135. The number of alkyl halides is 3. The fraction of sp³-hybridized carbons (Fsp3) is 0.360. The van der Waals surface area contributed by atoms with Crippen LogP contribution < -0.4 is 4.90 Å². The van der Waals surface area contributed by atoms with Gasteiger partial charge >= 0.3 is 6.18 Å². The minimum atomic E-state index is -4.49. The molecule has 0 aromatic heterocycles. The summed E-state index contributed by atoms with van der Waals surface area (Å²) in [7, 11) is 0. The summed E-state index contributed by atoms with van der Waals surface area (Å²) >= 11 is 0. The van der Waals surface area contributed by atoms with Gasteiger partial charge in [-0.1, -0.05) is 30.7 Å². The second kappa shape index (κ2) is 8.11. The predicted molar refractivity (Wildman–Crippen MR) is 117 cm³/mol. The first-order valence-corrected chi connectivity index (χ1v) is 10.7. The molecule has 0 bridgehead atoms. The monoisotopic (exact) mass is 442 g/mol. The Hall–Kier alpha value is -3.09. The molecule has 2 amide bonds. The van der Waals surface area contributed by atoms with Crippen molar-refractivity contribution in [3.63, 3.8) is 0 Å². The molecule has 2 aliphatic heterocycles. The molecule has 2 heterocycles. The van der Waals surface area contributed by atoms with Gasteiger partial charge in [0.15, 0.2) is 0 Å². The van der Waals surface area contributed by atoms with Crippen LogP contribution in [0.15, 0.2) is 48.2 Å². The predicted octanol–water partition coefficient (Wildman–Crippen LogP) is 5.34. The van der Waals surface area contributed by atoms with Crippen molar-refractivity contribution < 1.29 is 22.8 Å². The number of rotatable bonds is 3. The maximum Gasteiger partial charge on any atom is 0.416 e. The lowest BCUT2D eigenvalue weighted by molar-refractivity contribution is -0.137. The van der Waals surface area contributed by atoms with Crippen molar-refractivity contribution in [3.05, 3.63) is 70.4 Å². The molecule has 2 aromatic carbocycles. The topological polar surface area (TPSA) is 40.6 Å². The summed E-state index contributed by atoms with van der Waals surface area (Å²) in [5.74, 6) is -0.454. The van der Waals surface area contributed by atoms with Gasteiger partial charge in [0.25, 0.3) is 11.8 Å². The van der Waals surface area contributed by atoms with Crippen molar-refractivity contribution in [2.45, 2.75) is 39.8 Å². The largest absolute Gasteiger partial charge is 0.416 e. The molecule has 168 valence electrons. The first-order valence-electron chi connectivity index (χ1n) is 10.7. The van der Waals surface area contributed by atoms with Crippen molar-refractivity contribution in [1.29, 1.82) is 0 Å². The summed E-state index contributed by atoms with van der Waals surface area (Å²) in [5, 5.41) is 0. The molecule has 0 saturated carbocycles. The van der Waals surface area contributed by atoms with Gasteiger partial charge in [-0.25, -0.2) is 4.90 Å². The Morgan fingerprint density at radius 1 is 0.906 bits per heavy atom. The van der Waals surface area contributed by atoms with E-state index in [2.05, 4.69) is 6.92 Å². The van der Waals surface area contributed by atoms with E-state index in [9.17, 15) is 22.8 Å². The number of hydrogen-bond donors (Lipinski definition) is 0. The number of carbonyl (C=O) groups excluding carboxylic acids is 2. The number of amides is 2. The lowest BCUT2D eigenvalue weighted by Crippen LogP contribution is -2.38. The maximum atomic E-state index is 13.6. The first-order chi connectivity index (χ1) is 15.1. The Bertz CT molecular complexity index is 1100. The van der Waals surface area contributed by atoms with E-state index in [1.165, 1.54) is 12.1 Å². The second-order valence-corrected chi connectivity index (χ2v) is 8.70. The van der Waals surface area contributed by atoms with Gasteiger partial charge in [0.05, 0.1) is 16.8 Å². The van der Waals surface area contributed by atoms with E-state index in [1.54, 1.807) is 0 Å². The lowest BCUT2D eigenvalue weighted by Gasteiger charge is -2.32. The lowest BCUT2D eigenvalue weighted by atomic mass is 9.95. The van der Waals surface area contributed by atoms with Gasteiger partial charge in [0.2, 0.25) is 0 Å². The molecule has 1 saturated heterocycles. The van der Waals surface area contributed by atoms with Crippen LogP contribution in [-0.2, 0) is 15.8 Å². The van der Waals surface area contributed by atoms with Crippen LogP contribution in [0, 0.1) is 19.8 Å².